The highest BCUT2D eigenvalue weighted by Gasteiger charge is 2.36. The van der Waals surface area contributed by atoms with Gasteiger partial charge < -0.3 is 14.9 Å². The second kappa shape index (κ2) is 5.84. The summed E-state index contributed by atoms with van der Waals surface area (Å²) >= 11 is 0. The van der Waals surface area contributed by atoms with E-state index in [0.29, 0.717) is 18.6 Å². The van der Waals surface area contributed by atoms with Crippen molar-refractivity contribution in [1.29, 1.82) is 0 Å². The van der Waals surface area contributed by atoms with Crippen LogP contribution in [0.5, 0.6) is 5.75 Å². The third-order valence-corrected chi connectivity index (χ3v) is 4.19. The van der Waals surface area contributed by atoms with Crippen molar-refractivity contribution >= 4 is 0 Å². The predicted molar refractivity (Wildman–Crippen MR) is 80.2 cm³/mol. The Balaban J connectivity index is 2.06. The van der Waals surface area contributed by atoms with E-state index < -0.39 is 12.2 Å². The highest BCUT2D eigenvalue weighted by atomic mass is 16.5. The van der Waals surface area contributed by atoms with Crippen molar-refractivity contribution in [3.63, 3.8) is 0 Å². The zero-order valence-electron chi connectivity index (χ0n) is 11.9. The molecule has 0 amide bonds. The molecule has 3 rings (SSSR count). The van der Waals surface area contributed by atoms with Crippen molar-refractivity contribution in [1.82, 2.24) is 4.98 Å². The first-order valence-electron chi connectivity index (χ1n) is 7.15. The van der Waals surface area contributed by atoms with Crippen LogP contribution in [0.1, 0.15) is 24.3 Å². The lowest BCUT2D eigenvalue weighted by Crippen LogP contribution is -2.21. The Labute approximate surface area is 124 Å². The molecule has 1 aliphatic rings. The summed E-state index contributed by atoms with van der Waals surface area (Å²) in [5.74, 6) is 0.416. The van der Waals surface area contributed by atoms with Gasteiger partial charge in [-0.1, -0.05) is 6.07 Å². The van der Waals surface area contributed by atoms with Crippen molar-refractivity contribution < 1.29 is 14.9 Å². The van der Waals surface area contributed by atoms with Gasteiger partial charge in [-0.15, -0.1) is 0 Å². The number of aliphatic hydroxyl groups is 2. The summed E-state index contributed by atoms with van der Waals surface area (Å²) < 4.78 is 5.41. The van der Waals surface area contributed by atoms with Crippen LogP contribution in [0.3, 0.4) is 0 Å². The molecule has 1 aromatic heterocycles. The van der Waals surface area contributed by atoms with Crippen molar-refractivity contribution in [2.75, 3.05) is 7.11 Å². The van der Waals surface area contributed by atoms with Gasteiger partial charge in [-0.25, -0.2) is 0 Å². The maximum absolute atomic E-state index is 10.2. The number of ether oxygens (including phenoxy) is 1. The quantitative estimate of drug-likeness (QED) is 0.908. The fourth-order valence-corrected chi connectivity index (χ4v) is 3.09. The van der Waals surface area contributed by atoms with Crippen LogP contribution < -0.4 is 4.74 Å². The average molecular weight is 285 g/mol. The SMILES string of the molecule is COc1ccc(-c2ccncc2)cc1C1C(O)CCC1O. The number of benzene rings is 1. The van der Waals surface area contributed by atoms with E-state index in [1.807, 2.05) is 30.3 Å². The fourth-order valence-electron chi connectivity index (χ4n) is 3.09. The second-order valence-corrected chi connectivity index (χ2v) is 5.43. The van der Waals surface area contributed by atoms with E-state index in [1.165, 1.54) is 0 Å². The third-order valence-electron chi connectivity index (χ3n) is 4.19. The Kier molecular flexibility index (Phi) is 3.90. The van der Waals surface area contributed by atoms with Gasteiger partial charge in [0, 0.05) is 23.9 Å². The van der Waals surface area contributed by atoms with Crippen LogP contribution in [0.2, 0.25) is 0 Å². The second-order valence-electron chi connectivity index (χ2n) is 5.43. The first kappa shape index (κ1) is 14.0. The van der Waals surface area contributed by atoms with Crippen LogP contribution in [0, 0.1) is 0 Å². The van der Waals surface area contributed by atoms with Gasteiger partial charge in [-0.3, -0.25) is 4.98 Å². The van der Waals surface area contributed by atoms with Gasteiger partial charge in [0.15, 0.2) is 0 Å². The van der Waals surface area contributed by atoms with Crippen molar-refractivity contribution in [3.8, 4) is 16.9 Å². The summed E-state index contributed by atoms with van der Waals surface area (Å²) in [5.41, 5.74) is 2.94. The standard InChI is InChI=1S/C17H19NO3/c1-21-16-5-2-12(11-6-8-18-9-7-11)10-13(16)17-14(19)3-4-15(17)20/h2,5-10,14-15,17,19-20H,3-4H2,1H3. The van der Waals surface area contributed by atoms with Crippen LogP contribution in [-0.4, -0.2) is 34.5 Å². The molecule has 0 aliphatic heterocycles. The van der Waals surface area contributed by atoms with E-state index in [2.05, 4.69) is 4.98 Å². The summed E-state index contributed by atoms with van der Waals surface area (Å²) in [6, 6.07) is 9.74. The molecule has 1 aromatic carbocycles. The van der Waals surface area contributed by atoms with E-state index in [4.69, 9.17) is 4.74 Å². The largest absolute Gasteiger partial charge is 0.496 e. The Morgan fingerprint density at radius 3 is 2.29 bits per heavy atom. The zero-order chi connectivity index (χ0) is 14.8. The maximum Gasteiger partial charge on any atom is 0.122 e. The number of hydrogen-bond acceptors (Lipinski definition) is 4. The minimum Gasteiger partial charge on any atom is -0.496 e. The van der Waals surface area contributed by atoms with E-state index in [0.717, 1.165) is 16.7 Å². The van der Waals surface area contributed by atoms with Gasteiger partial charge in [-0.05, 0) is 48.2 Å². The highest BCUT2D eigenvalue weighted by Crippen LogP contribution is 2.40. The molecule has 2 unspecified atom stereocenters. The van der Waals surface area contributed by atoms with Crippen molar-refractivity contribution in [2.45, 2.75) is 31.0 Å². The number of pyridine rings is 1. The van der Waals surface area contributed by atoms with Crippen LogP contribution in [0.15, 0.2) is 42.7 Å². The van der Waals surface area contributed by atoms with E-state index >= 15 is 0 Å². The van der Waals surface area contributed by atoms with Crippen molar-refractivity contribution in [2.24, 2.45) is 0 Å². The molecule has 2 N–H and O–H groups in total. The molecule has 2 atom stereocenters. The minimum atomic E-state index is -0.526. The molecule has 0 saturated heterocycles. The van der Waals surface area contributed by atoms with Crippen LogP contribution >= 0.6 is 0 Å². The number of aromatic nitrogens is 1. The van der Waals surface area contributed by atoms with Gasteiger partial charge in [0.1, 0.15) is 5.75 Å². The third kappa shape index (κ3) is 2.64. The lowest BCUT2D eigenvalue weighted by molar-refractivity contribution is 0.106. The Morgan fingerprint density at radius 2 is 1.67 bits per heavy atom. The summed E-state index contributed by atoms with van der Waals surface area (Å²) in [6.45, 7) is 0. The molecule has 4 heteroatoms. The van der Waals surface area contributed by atoms with Crippen LogP contribution in [-0.2, 0) is 0 Å². The number of hydrogen-bond donors (Lipinski definition) is 2. The first-order chi connectivity index (χ1) is 10.2. The van der Waals surface area contributed by atoms with Crippen LogP contribution in [0.25, 0.3) is 11.1 Å². The van der Waals surface area contributed by atoms with E-state index in [-0.39, 0.29) is 5.92 Å². The fraction of sp³-hybridized carbons (Fsp3) is 0.353. The molecular formula is C17H19NO3. The molecule has 1 saturated carbocycles. The molecule has 1 aliphatic carbocycles. The Bertz CT molecular complexity index is 605. The Morgan fingerprint density at radius 1 is 1.00 bits per heavy atom. The molecule has 21 heavy (non-hydrogen) atoms. The zero-order valence-corrected chi connectivity index (χ0v) is 11.9. The minimum absolute atomic E-state index is 0.290. The van der Waals surface area contributed by atoms with Gasteiger partial charge in [0.05, 0.1) is 19.3 Å². The van der Waals surface area contributed by atoms with E-state index in [9.17, 15) is 10.2 Å². The van der Waals surface area contributed by atoms with Gasteiger partial charge in [0.2, 0.25) is 0 Å². The summed E-state index contributed by atoms with van der Waals surface area (Å²) in [5, 5.41) is 20.3. The normalized spacial score (nSPS) is 25.0. The molecule has 1 fully saturated rings. The molecule has 4 nitrogen and oxygen atoms in total. The first-order valence-corrected chi connectivity index (χ1v) is 7.15. The van der Waals surface area contributed by atoms with Crippen LogP contribution in [0.4, 0.5) is 0 Å². The maximum atomic E-state index is 10.2. The molecule has 2 aromatic rings. The molecule has 0 radical (unpaired) electrons. The highest BCUT2D eigenvalue weighted by molar-refractivity contribution is 5.65. The molecule has 1 heterocycles. The summed E-state index contributed by atoms with van der Waals surface area (Å²) in [7, 11) is 1.61. The van der Waals surface area contributed by atoms with Gasteiger partial charge in [0.25, 0.3) is 0 Å². The Hall–Kier alpha value is -1.91. The number of methoxy groups -OCH3 is 1. The van der Waals surface area contributed by atoms with Crippen molar-refractivity contribution in [3.05, 3.63) is 48.3 Å². The molecule has 0 bridgehead atoms. The predicted octanol–water partition coefficient (Wildman–Crippen LogP) is 2.36. The lowest BCUT2D eigenvalue weighted by Gasteiger charge is -2.22. The number of aliphatic hydroxyl groups excluding tert-OH is 2. The van der Waals surface area contributed by atoms with E-state index in [1.54, 1.807) is 19.5 Å². The average Bonchev–Trinajstić information content (AvgIpc) is 2.86. The van der Waals surface area contributed by atoms with Gasteiger partial charge >= 0.3 is 0 Å². The smallest absolute Gasteiger partial charge is 0.122 e. The summed E-state index contributed by atoms with van der Waals surface area (Å²) in [6.07, 6.45) is 3.68. The monoisotopic (exact) mass is 285 g/mol. The number of rotatable bonds is 3. The molecule has 110 valence electrons. The number of nitrogens with zero attached hydrogens (tertiary/aromatic N) is 1. The lowest BCUT2D eigenvalue weighted by atomic mass is 9.90. The van der Waals surface area contributed by atoms with Gasteiger partial charge in [-0.2, -0.15) is 0 Å². The topological polar surface area (TPSA) is 62.6 Å². The molecule has 0 spiro atoms. The molecular weight excluding hydrogens is 266 g/mol. The summed E-state index contributed by atoms with van der Waals surface area (Å²) in [4.78, 5) is 4.02.